The van der Waals surface area contributed by atoms with E-state index in [2.05, 4.69) is 0 Å². The van der Waals surface area contributed by atoms with Gasteiger partial charge in [0.25, 0.3) is 0 Å². The van der Waals surface area contributed by atoms with Crippen molar-refractivity contribution in [2.75, 3.05) is 6.61 Å². The van der Waals surface area contributed by atoms with E-state index in [9.17, 15) is 19.5 Å². The summed E-state index contributed by atoms with van der Waals surface area (Å²) in [6, 6.07) is 0. The van der Waals surface area contributed by atoms with Crippen LogP contribution in [-0.2, 0) is 28.6 Å². The van der Waals surface area contributed by atoms with E-state index in [1.807, 2.05) is 13.8 Å². The molecule has 0 radical (unpaired) electrons. The highest BCUT2D eigenvalue weighted by Crippen LogP contribution is 2.68. The Balaban J connectivity index is 1.64. The van der Waals surface area contributed by atoms with Crippen molar-refractivity contribution in [2.45, 2.75) is 83.6 Å². The normalized spacial score (nSPS) is 44.1. The highest BCUT2D eigenvalue weighted by molar-refractivity contribution is 6.01. The zero-order valence-electron chi connectivity index (χ0n) is 20.1. The van der Waals surface area contributed by atoms with Crippen LogP contribution >= 0.6 is 0 Å². The van der Waals surface area contributed by atoms with Crippen molar-refractivity contribution in [1.29, 1.82) is 0 Å². The number of carbonyl (C=O) groups is 3. The fourth-order valence-electron chi connectivity index (χ4n) is 7.48. The van der Waals surface area contributed by atoms with E-state index in [4.69, 9.17) is 14.2 Å². The van der Waals surface area contributed by atoms with E-state index in [0.29, 0.717) is 17.6 Å². The molecule has 0 bridgehead atoms. The summed E-state index contributed by atoms with van der Waals surface area (Å²) in [5, 5.41) is 11.5. The standard InChI is InChI=1S/C26H31FO7/c1-13(28)32-12-20(31)26-21(33-23(2,3)34-26)10-16-15-9-18(27)17-8-14(29)6-7-24(17,4)22(15)19(30)11-25(16,26)5/h6-8,16,18-19,21,30H,9-12H2,1-5H3/t16-,18-,19-,21+,24-,25-,26+/m0/s1. The number of ketones is 2. The summed E-state index contributed by atoms with van der Waals surface area (Å²) < 4.78 is 33.2. The number of aliphatic hydroxyl groups is 1. The lowest BCUT2D eigenvalue weighted by Crippen LogP contribution is -2.61. The van der Waals surface area contributed by atoms with Crippen LogP contribution in [0.25, 0.3) is 0 Å². The monoisotopic (exact) mass is 474 g/mol. The van der Waals surface area contributed by atoms with Crippen molar-refractivity contribution >= 4 is 17.5 Å². The molecule has 1 heterocycles. The third-order valence-electron chi connectivity index (χ3n) is 8.67. The van der Waals surface area contributed by atoms with Crippen molar-refractivity contribution in [1.82, 2.24) is 0 Å². The van der Waals surface area contributed by atoms with Crippen molar-refractivity contribution in [2.24, 2.45) is 16.7 Å². The molecule has 0 unspecified atom stereocenters. The van der Waals surface area contributed by atoms with Gasteiger partial charge in [-0.3, -0.25) is 14.4 Å². The molecule has 0 spiro atoms. The average molecular weight is 475 g/mol. The highest BCUT2D eigenvalue weighted by atomic mass is 19.1. The van der Waals surface area contributed by atoms with Gasteiger partial charge in [-0.15, -0.1) is 0 Å². The first-order valence-electron chi connectivity index (χ1n) is 11.8. The fraction of sp³-hybridized carbons (Fsp3) is 0.654. The summed E-state index contributed by atoms with van der Waals surface area (Å²) in [7, 11) is 0. The maximum atomic E-state index is 15.5. The van der Waals surface area contributed by atoms with Crippen LogP contribution in [-0.4, -0.2) is 59.0 Å². The molecule has 1 N–H and O–H groups in total. The molecule has 5 aliphatic rings. The van der Waals surface area contributed by atoms with Crippen molar-refractivity contribution in [3.63, 3.8) is 0 Å². The highest BCUT2D eigenvalue weighted by Gasteiger charge is 2.75. The maximum Gasteiger partial charge on any atom is 0.303 e. The van der Waals surface area contributed by atoms with Crippen LogP contribution in [0.5, 0.6) is 0 Å². The van der Waals surface area contributed by atoms with Gasteiger partial charge < -0.3 is 19.3 Å². The molecule has 34 heavy (non-hydrogen) atoms. The summed E-state index contributed by atoms with van der Waals surface area (Å²) in [6.07, 6.45) is 2.13. The van der Waals surface area contributed by atoms with E-state index in [1.165, 1.54) is 19.1 Å². The Morgan fingerprint density at radius 2 is 1.97 bits per heavy atom. The second-order valence-electron chi connectivity index (χ2n) is 11.1. The Labute approximate surface area is 198 Å². The molecule has 1 saturated heterocycles. The van der Waals surface area contributed by atoms with Gasteiger partial charge in [-0.1, -0.05) is 18.6 Å². The summed E-state index contributed by atoms with van der Waals surface area (Å²) in [6.45, 7) is 7.96. The summed E-state index contributed by atoms with van der Waals surface area (Å²) >= 11 is 0. The Kier molecular flexibility index (Phi) is 4.98. The van der Waals surface area contributed by atoms with Crippen molar-refractivity contribution in [3.8, 4) is 0 Å². The SMILES string of the molecule is CC(=O)OCC(=O)[C@@]12OC(C)(C)O[C@@H]1C[C@H]1C3=C([C@@H](O)C[C@@]12C)[C@@]1(C)C=CC(=O)C=C1[C@@H](F)C3. The second-order valence-corrected chi connectivity index (χ2v) is 11.1. The van der Waals surface area contributed by atoms with Crippen LogP contribution in [0.15, 0.2) is 34.9 Å². The number of allylic oxidation sites excluding steroid dienone is 5. The number of ether oxygens (including phenoxy) is 3. The van der Waals surface area contributed by atoms with Crippen LogP contribution in [0.1, 0.15) is 53.9 Å². The molecular formula is C26H31FO7. The number of rotatable bonds is 3. The van der Waals surface area contributed by atoms with Gasteiger partial charge in [0, 0.05) is 24.2 Å². The number of Topliss-reactive ketones (excluding diaryl/α,β-unsaturated/α-hetero) is 1. The Morgan fingerprint density at radius 3 is 2.65 bits per heavy atom. The van der Waals surface area contributed by atoms with Crippen LogP contribution in [0.3, 0.4) is 0 Å². The molecule has 0 aromatic carbocycles. The fourth-order valence-corrected chi connectivity index (χ4v) is 7.48. The van der Waals surface area contributed by atoms with E-state index < -0.39 is 59.0 Å². The van der Waals surface area contributed by atoms with Gasteiger partial charge in [0.2, 0.25) is 5.78 Å². The van der Waals surface area contributed by atoms with Crippen LogP contribution in [0.2, 0.25) is 0 Å². The molecule has 184 valence electrons. The van der Waals surface area contributed by atoms with Crippen LogP contribution < -0.4 is 0 Å². The van der Waals surface area contributed by atoms with Gasteiger partial charge in [-0.25, -0.2) is 4.39 Å². The molecule has 2 fully saturated rings. The summed E-state index contributed by atoms with van der Waals surface area (Å²) in [5.74, 6) is -2.58. The second kappa shape index (κ2) is 7.18. The molecule has 4 aliphatic carbocycles. The average Bonchev–Trinajstić information content (AvgIpc) is 3.13. The maximum absolute atomic E-state index is 15.5. The largest absolute Gasteiger partial charge is 0.458 e. The summed E-state index contributed by atoms with van der Waals surface area (Å²) in [4.78, 5) is 37.1. The topological polar surface area (TPSA) is 99.1 Å². The minimum absolute atomic E-state index is 0.0412. The van der Waals surface area contributed by atoms with Gasteiger partial charge in [0.1, 0.15) is 6.17 Å². The number of halogens is 1. The van der Waals surface area contributed by atoms with Crippen molar-refractivity contribution < 1.29 is 38.1 Å². The lowest BCUT2D eigenvalue weighted by Gasteiger charge is -2.54. The minimum Gasteiger partial charge on any atom is -0.458 e. The molecule has 1 aliphatic heterocycles. The van der Waals surface area contributed by atoms with Crippen LogP contribution in [0, 0.1) is 16.7 Å². The predicted octanol–water partition coefficient (Wildman–Crippen LogP) is 2.91. The number of alkyl halides is 1. The number of aliphatic hydroxyl groups excluding tert-OH is 1. The van der Waals surface area contributed by atoms with Gasteiger partial charge >= 0.3 is 5.97 Å². The minimum atomic E-state index is -1.45. The number of hydrogen-bond donors (Lipinski definition) is 1. The zero-order valence-corrected chi connectivity index (χ0v) is 20.1. The Morgan fingerprint density at radius 1 is 1.26 bits per heavy atom. The number of fused-ring (bicyclic) bond motifs is 6. The lowest BCUT2D eigenvalue weighted by atomic mass is 9.52. The lowest BCUT2D eigenvalue weighted by molar-refractivity contribution is -0.206. The van der Waals surface area contributed by atoms with Gasteiger partial charge in [0.15, 0.2) is 23.8 Å². The van der Waals surface area contributed by atoms with E-state index in [0.717, 1.165) is 5.57 Å². The third kappa shape index (κ3) is 2.94. The first kappa shape index (κ1) is 23.6. The van der Waals surface area contributed by atoms with Gasteiger partial charge in [0.05, 0.1) is 12.2 Å². The molecular weight excluding hydrogens is 443 g/mol. The van der Waals surface area contributed by atoms with Gasteiger partial charge in [-0.05, 0) is 62.8 Å². The van der Waals surface area contributed by atoms with E-state index >= 15 is 4.39 Å². The zero-order chi connectivity index (χ0) is 24.8. The summed E-state index contributed by atoms with van der Waals surface area (Å²) in [5.41, 5.74) is -1.42. The van der Waals surface area contributed by atoms with E-state index in [1.54, 1.807) is 19.9 Å². The molecule has 0 aromatic heterocycles. The molecule has 1 saturated carbocycles. The first-order valence-corrected chi connectivity index (χ1v) is 11.8. The first-order chi connectivity index (χ1) is 15.7. The third-order valence-corrected chi connectivity index (χ3v) is 8.67. The molecule has 5 rings (SSSR count). The van der Waals surface area contributed by atoms with Crippen LogP contribution in [0.4, 0.5) is 4.39 Å². The quantitative estimate of drug-likeness (QED) is 0.496. The van der Waals surface area contributed by atoms with Gasteiger partial charge in [-0.2, -0.15) is 0 Å². The Hall–Kier alpha value is -2.16. The van der Waals surface area contributed by atoms with Crippen molar-refractivity contribution in [3.05, 3.63) is 34.9 Å². The number of esters is 1. The smallest absolute Gasteiger partial charge is 0.303 e. The molecule has 0 aromatic rings. The number of hydrogen-bond acceptors (Lipinski definition) is 7. The molecule has 8 heteroatoms. The van der Waals surface area contributed by atoms with E-state index in [-0.39, 0.29) is 24.5 Å². The number of carbonyl (C=O) groups excluding carboxylic acids is 3. The molecule has 0 amide bonds. The molecule has 7 nitrogen and oxygen atoms in total. The predicted molar refractivity (Wildman–Crippen MR) is 118 cm³/mol. The molecule has 7 atom stereocenters. The Bertz CT molecular complexity index is 1090.